The molecule has 0 fully saturated rings. The van der Waals surface area contributed by atoms with Crippen molar-refractivity contribution in [3.8, 4) is 0 Å². The minimum atomic E-state index is -3.84. The van der Waals surface area contributed by atoms with Gasteiger partial charge in [-0.2, -0.15) is 17.6 Å². The second kappa shape index (κ2) is 8.12. The summed E-state index contributed by atoms with van der Waals surface area (Å²) < 4.78 is 27.9. The van der Waals surface area contributed by atoms with E-state index in [1.165, 1.54) is 23.6 Å². The average Bonchev–Trinajstić information content (AvgIpc) is 3.51. The molecule has 5 rings (SSSR count). The highest BCUT2D eigenvalue weighted by Gasteiger charge is 2.33. The highest BCUT2D eigenvalue weighted by molar-refractivity contribution is 7.89. The van der Waals surface area contributed by atoms with E-state index in [4.69, 9.17) is 0 Å². The Morgan fingerprint density at radius 1 is 1.16 bits per heavy atom. The molecule has 164 valence electrons. The Bertz CT molecular complexity index is 1370. The molecule has 3 heterocycles. The van der Waals surface area contributed by atoms with E-state index in [9.17, 15) is 18.3 Å². The first-order valence-electron chi connectivity index (χ1n) is 10.1. The smallest absolute Gasteiger partial charge is 0.283 e. The standard InChI is InChI=1S/C22H20N4O4S2/c27-9-8-18(15-4-2-1-3-5-15)22(28)25-11-16-12-26(24-20(16)13-25)32(29,30)17-6-7-19-21(10-17)31-14-23-19/h1-7,10,12,14,18,27H,8-9,11,13H2/t18-/m1/s1. The van der Waals surface area contributed by atoms with Gasteiger partial charge in [-0.25, -0.2) is 4.98 Å². The van der Waals surface area contributed by atoms with Gasteiger partial charge in [-0.3, -0.25) is 4.79 Å². The van der Waals surface area contributed by atoms with Crippen molar-refractivity contribution in [2.75, 3.05) is 6.61 Å². The first-order valence-corrected chi connectivity index (χ1v) is 12.4. The zero-order valence-corrected chi connectivity index (χ0v) is 18.6. The van der Waals surface area contributed by atoms with Crippen LogP contribution in [0.25, 0.3) is 10.2 Å². The van der Waals surface area contributed by atoms with Crippen molar-refractivity contribution < 1.29 is 18.3 Å². The summed E-state index contributed by atoms with van der Waals surface area (Å²) >= 11 is 1.38. The van der Waals surface area contributed by atoms with Crippen LogP contribution in [0.1, 0.15) is 29.2 Å². The molecule has 1 amide bonds. The molecular formula is C22H20N4O4S2. The quantitative estimate of drug-likeness (QED) is 0.467. The molecule has 10 heteroatoms. The molecule has 0 spiro atoms. The molecule has 1 aliphatic rings. The fourth-order valence-corrected chi connectivity index (χ4v) is 5.96. The van der Waals surface area contributed by atoms with Gasteiger partial charge in [0, 0.05) is 24.9 Å². The van der Waals surface area contributed by atoms with Crippen molar-refractivity contribution >= 4 is 37.5 Å². The van der Waals surface area contributed by atoms with Crippen LogP contribution in [0, 0.1) is 0 Å². The number of aliphatic hydroxyl groups excluding tert-OH is 1. The fourth-order valence-electron chi connectivity index (χ4n) is 3.98. The van der Waals surface area contributed by atoms with Crippen molar-refractivity contribution in [2.24, 2.45) is 0 Å². The lowest BCUT2D eigenvalue weighted by Crippen LogP contribution is -2.32. The zero-order chi connectivity index (χ0) is 22.3. The zero-order valence-electron chi connectivity index (χ0n) is 17.0. The summed E-state index contributed by atoms with van der Waals surface area (Å²) in [6.07, 6.45) is 1.81. The first kappa shape index (κ1) is 20.8. The molecule has 2 aromatic heterocycles. The lowest BCUT2D eigenvalue weighted by molar-refractivity contribution is -0.133. The Kier molecular flexibility index (Phi) is 5.28. The third-order valence-electron chi connectivity index (χ3n) is 5.63. The largest absolute Gasteiger partial charge is 0.396 e. The van der Waals surface area contributed by atoms with Crippen molar-refractivity contribution in [1.82, 2.24) is 19.1 Å². The van der Waals surface area contributed by atoms with Gasteiger partial charge in [0.05, 0.1) is 38.8 Å². The average molecular weight is 469 g/mol. The predicted octanol–water partition coefficient (Wildman–Crippen LogP) is 2.74. The number of benzene rings is 2. The lowest BCUT2D eigenvalue weighted by atomic mass is 9.94. The van der Waals surface area contributed by atoms with Crippen LogP contribution in [0.3, 0.4) is 0 Å². The number of thiazole rings is 1. The molecule has 0 bridgehead atoms. The maximum Gasteiger partial charge on any atom is 0.283 e. The molecule has 0 radical (unpaired) electrons. The summed E-state index contributed by atoms with van der Waals surface area (Å²) in [5.41, 5.74) is 4.55. The Morgan fingerprint density at radius 3 is 2.72 bits per heavy atom. The van der Waals surface area contributed by atoms with E-state index in [0.29, 0.717) is 17.7 Å². The molecule has 0 saturated carbocycles. The van der Waals surface area contributed by atoms with Crippen LogP contribution in [0.15, 0.2) is 65.1 Å². The third kappa shape index (κ3) is 3.60. The van der Waals surface area contributed by atoms with Crippen molar-refractivity contribution in [3.63, 3.8) is 0 Å². The van der Waals surface area contributed by atoms with Gasteiger partial charge in [-0.05, 0) is 30.2 Å². The molecule has 8 nitrogen and oxygen atoms in total. The van der Waals surface area contributed by atoms with Crippen LogP contribution in [0.5, 0.6) is 0 Å². The van der Waals surface area contributed by atoms with Crippen molar-refractivity contribution in [3.05, 3.63) is 77.1 Å². The highest BCUT2D eigenvalue weighted by Crippen LogP contribution is 2.30. The number of hydrogen-bond donors (Lipinski definition) is 1. The summed E-state index contributed by atoms with van der Waals surface area (Å²) in [5.74, 6) is -0.555. The minimum absolute atomic E-state index is 0.0983. The number of aliphatic hydroxyl groups is 1. The van der Waals surface area contributed by atoms with Crippen LogP contribution in [-0.4, -0.2) is 45.1 Å². The Labute approximate surface area is 188 Å². The van der Waals surface area contributed by atoms with Gasteiger partial charge >= 0.3 is 0 Å². The number of nitrogens with zero attached hydrogens (tertiary/aromatic N) is 4. The summed E-state index contributed by atoms with van der Waals surface area (Å²) in [5, 5.41) is 13.7. The number of amides is 1. The van der Waals surface area contributed by atoms with E-state index in [1.54, 1.807) is 22.5 Å². The van der Waals surface area contributed by atoms with Crippen LogP contribution in [-0.2, 0) is 27.9 Å². The molecule has 1 atom stereocenters. The van der Waals surface area contributed by atoms with Gasteiger partial charge in [0.15, 0.2) is 0 Å². The summed E-state index contributed by atoms with van der Waals surface area (Å²) in [6.45, 7) is 0.421. The Balaban J connectivity index is 1.37. The molecule has 0 aliphatic carbocycles. The van der Waals surface area contributed by atoms with E-state index < -0.39 is 15.9 Å². The number of carbonyl (C=O) groups is 1. The van der Waals surface area contributed by atoms with Crippen LogP contribution < -0.4 is 0 Å². The second-order valence-electron chi connectivity index (χ2n) is 7.63. The van der Waals surface area contributed by atoms with Crippen molar-refractivity contribution in [1.29, 1.82) is 0 Å². The van der Waals surface area contributed by atoms with Crippen LogP contribution in [0.4, 0.5) is 0 Å². The molecule has 0 saturated heterocycles. The van der Waals surface area contributed by atoms with E-state index in [2.05, 4.69) is 10.1 Å². The lowest BCUT2D eigenvalue weighted by Gasteiger charge is -2.23. The van der Waals surface area contributed by atoms with Gasteiger partial charge < -0.3 is 10.0 Å². The maximum absolute atomic E-state index is 13.2. The Hall–Kier alpha value is -3.08. The molecular weight excluding hydrogens is 448 g/mol. The molecule has 32 heavy (non-hydrogen) atoms. The van der Waals surface area contributed by atoms with Gasteiger partial charge in [0.1, 0.15) is 0 Å². The topological polar surface area (TPSA) is 105 Å². The Morgan fingerprint density at radius 2 is 1.97 bits per heavy atom. The monoisotopic (exact) mass is 468 g/mol. The minimum Gasteiger partial charge on any atom is -0.396 e. The second-order valence-corrected chi connectivity index (χ2v) is 10.3. The van der Waals surface area contributed by atoms with Crippen LogP contribution in [0.2, 0.25) is 0 Å². The highest BCUT2D eigenvalue weighted by atomic mass is 32.2. The fraction of sp³-hybridized carbons (Fsp3) is 0.227. The summed E-state index contributed by atoms with van der Waals surface area (Å²) in [7, 11) is -3.84. The van der Waals surface area contributed by atoms with Gasteiger partial charge in [0.25, 0.3) is 10.0 Å². The number of carbonyl (C=O) groups excluding carboxylic acids is 1. The molecule has 0 unspecified atom stereocenters. The van der Waals surface area contributed by atoms with E-state index in [1.807, 2.05) is 30.3 Å². The first-order chi connectivity index (χ1) is 15.5. The van der Waals surface area contributed by atoms with Gasteiger partial charge in [-0.1, -0.05) is 30.3 Å². The number of rotatable bonds is 6. The third-order valence-corrected chi connectivity index (χ3v) is 7.96. The van der Waals surface area contributed by atoms with Crippen LogP contribution >= 0.6 is 11.3 Å². The van der Waals surface area contributed by atoms with E-state index in [0.717, 1.165) is 19.9 Å². The summed E-state index contributed by atoms with van der Waals surface area (Å²) in [6, 6.07) is 14.2. The summed E-state index contributed by atoms with van der Waals surface area (Å²) in [4.78, 5) is 19.1. The van der Waals surface area contributed by atoms with Gasteiger partial charge in [-0.15, -0.1) is 11.3 Å². The number of hydrogen-bond acceptors (Lipinski definition) is 7. The van der Waals surface area contributed by atoms with Crippen molar-refractivity contribution in [2.45, 2.75) is 30.3 Å². The predicted molar refractivity (Wildman–Crippen MR) is 120 cm³/mol. The SMILES string of the molecule is O=C([C@H](CCO)c1ccccc1)N1Cc2cn(S(=O)(=O)c3ccc4ncsc4c3)nc2C1. The normalized spacial score (nSPS) is 14.6. The molecule has 1 aliphatic heterocycles. The van der Waals surface area contributed by atoms with E-state index in [-0.39, 0.29) is 30.5 Å². The number of aromatic nitrogens is 3. The van der Waals surface area contributed by atoms with Gasteiger partial charge in [0.2, 0.25) is 5.91 Å². The molecule has 1 N–H and O–H groups in total. The number of fused-ring (bicyclic) bond motifs is 2. The van der Waals surface area contributed by atoms with E-state index >= 15 is 0 Å². The maximum atomic E-state index is 13.2. The molecule has 4 aromatic rings. The molecule has 2 aromatic carbocycles.